The Hall–Kier alpha value is -4.37. The van der Waals surface area contributed by atoms with Crippen molar-refractivity contribution in [3.63, 3.8) is 0 Å². The molecule has 172 valence electrons. The molecule has 0 saturated carbocycles. The maximum absolute atomic E-state index is 13.6. The Morgan fingerprint density at radius 2 is 1.89 bits per heavy atom. The van der Waals surface area contributed by atoms with Crippen LogP contribution in [0.3, 0.4) is 0 Å². The highest BCUT2D eigenvalue weighted by Gasteiger charge is 2.16. The standard InChI is InChI=1S/C26H19FN6OS/c1-2-24(34)30-16-9-15(12-28-13-16)14-3-4-20-17(10-14)25(33-32-20)21-11-18-19(31-21)7-8-29-26(18)22-5-6-23(27)35-22/h3-13,31H,2H2,1H3,(H,30,34)(H,32,33). The SMILES string of the molecule is CCC(=O)Nc1cncc(-c2ccc3[nH]nc(-c4cc5c(-c6ccc(F)s6)nccc5[nH]4)c3c2)c1. The predicted molar refractivity (Wildman–Crippen MR) is 137 cm³/mol. The second kappa shape index (κ2) is 8.44. The Morgan fingerprint density at radius 1 is 1.00 bits per heavy atom. The zero-order chi connectivity index (χ0) is 23.9. The van der Waals surface area contributed by atoms with Crippen LogP contribution in [0.4, 0.5) is 10.1 Å². The average molecular weight is 483 g/mol. The van der Waals surface area contributed by atoms with Crippen LogP contribution in [0.25, 0.3) is 54.9 Å². The van der Waals surface area contributed by atoms with Gasteiger partial charge in [-0.05, 0) is 48.0 Å². The summed E-state index contributed by atoms with van der Waals surface area (Å²) in [6, 6.07) is 15.0. The van der Waals surface area contributed by atoms with Crippen molar-refractivity contribution in [2.45, 2.75) is 13.3 Å². The summed E-state index contributed by atoms with van der Waals surface area (Å²) in [7, 11) is 0. The van der Waals surface area contributed by atoms with Crippen molar-refractivity contribution >= 4 is 44.7 Å². The van der Waals surface area contributed by atoms with Crippen LogP contribution in [0.1, 0.15) is 13.3 Å². The highest BCUT2D eigenvalue weighted by molar-refractivity contribution is 7.13. The van der Waals surface area contributed by atoms with Crippen LogP contribution in [0.2, 0.25) is 0 Å². The molecule has 0 spiro atoms. The van der Waals surface area contributed by atoms with Gasteiger partial charge in [-0.2, -0.15) is 9.49 Å². The summed E-state index contributed by atoms with van der Waals surface area (Å²) >= 11 is 1.07. The maximum atomic E-state index is 13.6. The molecule has 0 aliphatic heterocycles. The van der Waals surface area contributed by atoms with Crippen molar-refractivity contribution in [2.24, 2.45) is 0 Å². The van der Waals surface area contributed by atoms with E-state index in [1.807, 2.05) is 37.3 Å². The van der Waals surface area contributed by atoms with E-state index in [-0.39, 0.29) is 11.0 Å². The van der Waals surface area contributed by atoms with Gasteiger partial charge in [0.2, 0.25) is 5.91 Å². The number of aromatic amines is 2. The minimum atomic E-state index is -0.242. The average Bonchev–Trinajstić information content (AvgIpc) is 3.61. The Kier molecular flexibility index (Phi) is 5.11. The lowest BCUT2D eigenvalue weighted by Gasteiger charge is -2.06. The van der Waals surface area contributed by atoms with Gasteiger partial charge in [-0.15, -0.1) is 11.3 Å². The van der Waals surface area contributed by atoms with E-state index in [9.17, 15) is 9.18 Å². The zero-order valence-electron chi connectivity index (χ0n) is 18.6. The fraction of sp³-hybridized carbons (Fsp3) is 0.0769. The molecule has 35 heavy (non-hydrogen) atoms. The summed E-state index contributed by atoms with van der Waals surface area (Å²) in [4.78, 5) is 24.8. The summed E-state index contributed by atoms with van der Waals surface area (Å²) in [6.07, 6.45) is 5.52. The van der Waals surface area contributed by atoms with Crippen LogP contribution >= 0.6 is 11.3 Å². The number of pyridine rings is 2. The number of thiophene rings is 1. The fourth-order valence-electron chi connectivity index (χ4n) is 4.13. The third-order valence-electron chi connectivity index (χ3n) is 5.85. The van der Waals surface area contributed by atoms with Crippen molar-refractivity contribution in [1.29, 1.82) is 0 Å². The molecule has 1 amide bonds. The summed E-state index contributed by atoms with van der Waals surface area (Å²) in [5.74, 6) is -0.0607. The van der Waals surface area contributed by atoms with Gasteiger partial charge in [0.25, 0.3) is 0 Å². The molecule has 0 aliphatic carbocycles. The Balaban J connectivity index is 1.43. The van der Waals surface area contributed by atoms with Crippen molar-refractivity contribution in [2.75, 3.05) is 5.32 Å². The van der Waals surface area contributed by atoms with Gasteiger partial charge >= 0.3 is 0 Å². The predicted octanol–water partition coefficient (Wildman–Crippen LogP) is 6.38. The van der Waals surface area contributed by atoms with Crippen molar-refractivity contribution in [3.8, 4) is 33.1 Å². The number of amides is 1. The number of fused-ring (bicyclic) bond motifs is 2. The molecule has 5 heterocycles. The van der Waals surface area contributed by atoms with E-state index in [1.165, 1.54) is 6.07 Å². The van der Waals surface area contributed by atoms with Crippen LogP contribution in [0.15, 0.2) is 67.1 Å². The van der Waals surface area contributed by atoms with Crippen LogP contribution in [0, 0.1) is 5.13 Å². The molecule has 0 radical (unpaired) electrons. The molecular weight excluding hydrogens is 463 g/mol. The van der Waals surface area contributed by atoms with E-state index in [1.54, 1.807) is 24.7 Å². The first kappa shape index (κ1) is 21.2. The van der Waals surface area contributed by atoms with E-state index in [0.29, 0.717) is 12.1 Å². The van der Waals surface area contributed by atoms with Gasteiger partial charge in [0.15, 0.2) is 5.13 Å². The first-order valence-electron chi connectivity index (χ1n) is 11.1. The van der Waals surface area contributed by atoms with Gasteiger partial charge in [-0.1, -0.05) is 13.0 Å². The number of H-pyrrole nitrogens is 2. The second-order valence-electron chi connectivity index (χ2n) is 8.10. The van der Waals surface area contributed by atoms with Gasteiger partial charge < -0.3 is 10.3 Å². The number of carbonyl (C=O) groups is 1. The van der Waals surface area contributed by atoms with Crippen LogP contribution in [-0.2, 0) is 4.79 Å². The molecular formula is C26H19FN6OS. The highest BCUT2D eigenvalue weighted by Crippen LogP contribution is 2.36. The van der Waals surface area contributed by atoms with E-state index in [2.05, 4.69) is 36.5 Å². The number of anilines is 1. The normalized spacial score (nSPS) is 11.4. The van der Waals surface area contributed by atoms with Gasteiger partial charge in [-0.25, -0.2) is 0 Å². The molecule has 0 bridgehead atoms. The molecule has 3 N–H and O–H groups in total. The molecule has 0 saturated heterocycles. The lowest BCUT2D eigenvalue weighted by molar-refractivity contribution is -0.115. The number of halogens is 1. The van der Waals surface area contributed by atoms with E-state index in [0.717, 1.165) is 66.2 Å². The molecule has 6 aromatic rings. The Bertz CT molecular complexity index is 1720. The molecule has 7 nitrogen and oxygen atoms in total. The molecule has 6 rings (SSSR count). The highest BCUT2D eigenvalue weighted by atomic mass is 32.1. The van der Waals surface area contributed by atoms with E-state index >= 15 is 0 Å². The van der Waals surface area contributed by atoms with Gasteiger partial charge in [0.05, 0.1) is 33.7 Å². The maximum Gasteiger partial charge on any atom is 0.224 e. The van der Waals surface area contributed by atoms with Crippen molar-refractivity contribution in [1.82, 2.24) is 25.1 Å². The summed E-state index contributed by atoms with van der Waals surface area (Å²) in [6.45, 7) is 1.81. The minimum Gasteiger partial charge on any atom is -0.353 e. The Labute approximate surface area is 203 Å². The fourth-order valence-corrected chi connectivity index (χ4v) is 4.88. The summed E-state index contributed by atoms with van der Waals surface area (Å²) in [5.41, 5.74) is 6.61. The number of hydrogen-bond acceptors (Lipinski definition) is 5. The van der Waals surface area contributed by atoms with Crippen LogP contribution < -0.4 is 5.32 Å². The summed E-state index contributed by atoms with van der Waals surface area (Å²) in [5, 5.41) is 12.1. The molecule has 9 heteroatoms. The van der Waals surface area contributed by atoms with Crippen LogP contribution in [-0.4, -0.2) is 31.1 Å². The first-order chi connectivity index (χ1) is 17.1. The number of nitrogens with zero attached hydrogens (tertiary/aromatic N) is 3. The number of aromatic nitrogens is 5. The van der Waals surface area contributed by atoms with Crippen LogP contribution in [0.5, 0.6) is 0 Å². The van der Waals surface area contributed by atoms with Gasteiger partial charge in [-0.3, -0.25) is 19.9 Å². The van der Waals surface area contributed by atoms with Crippen molar-refractivity contribution < 1.29 is 9.18 Å². The number of carbonyl (C=O) groups excluding carboxylic acids is 1. The third-order valence-corrected chi connectivity index (χ3v) is 6.73. The molecule has 0 unspecified atom stereocenters. The monoisotopic (exact) mass is 482 g/mol. The number of benzene rings is 1. The van der Waals surface area contributed by atoms with Crippen molar-refractivity contribution in [3.05, 3.63) is 72.3 Å². The van der Waals surface area contributed by atoms with E-state index < -0.39 is 0 Å². The molecule has 0 fully saturated rings. The number of nitrogens with one attached hydrogen (secondary N) is 3. The smallest absolute Gasteiger partial charge is 0.224 e. The van der Waals surface area contributed by atoms with E-state index in [4.69, 9.17) is 0 Å². The number of hydrogen-bond donors (Lipinski definition) is 3. The topological polar surface area (TPSA) is 99.3 Å². The molecule has 1 aromatic carbocycles. The minimum absolute atomic E-state index is 0.0607. The Morgan fingerprint density at radius 3 is 2.71 bits per heavy atom. The molecule has 0 atom stereocenters. The largest absolute Gasteiger partial charge is 0.353 e. The third kappa shape index (κ3) is 3.85. The van der Waals surface area contributed by atoms with Gasteiger partial charge in [0.1, 0.15) is 5.69 Å². The molecule has 5 aromatic heterocycles. The first-order valence-corrected chi connectivity index (χ1v) is 11.9. The zero-order valence-corrected chi connectivity index (χ0v) is 19.4. The quantitative estimate of drug-likeness (QED) is 0.265. The molecule has 0 aliphatic rings. The second-order valence-corrected chi connectivity index (χ2v) is 9.14. The lowest BCUT2D eigenvalue weighted by atomic mass is 10.0. The number of rotatable bonds is 5. The lowest BCUT2D eigenvalue weighted by Crippen LogP contribution is -2.09. The summed E-state index contributed by atoms with van der Waals surface area (Å²) < 4.78 is 13.6. The van der Waals surface area contributed by atoms with Gasteiger partial charge in [0, 0.05) is 40.7 Å².